The predicted molar refractivity (Wildman–Crippen MR) is 80.8 cm³/mol. The van der Waals surface area contributed by atoms with Gasteiger partial charge >= 0.3 is 5.76 Å². The molecule has 108 valence electrons. The number of aromatic nitrogens is 2. The highest BCUT2D eigenvalue weighted by molar-refractivity contribution is 7.13. The first kappa shape index (κ1) is 13.6. The Morgan fingerprint density at radius 3 is 2.90 bits per heavy atom. The molecule has 0 bridgehead atoms. The van der Waals surface area contributed by atoms with Crippen LogP contribution in [0.25, 0.3) is 10.7 Å². The number of hydrogen-bond acceptors (Lipinski definition) is 5. The van der Waals surface area contributed by atoms with E-state index >= 15 is 0 Å². The van der Waals surface area contributed by atoms with E-state index in [1.54, 1.807) is 0 Å². The van der Waals surface area contributed by atoms with E-state index in [2.05, 4.69) is 5.16 Å². The number of ether oxygens (including phenoxy) is 1. The second kappa shape index (κ2) is 5.97. The maximum absolute atomic E-state index is 11.7. The molecule has 3 rings (SSSR count). The van der Waals surface area contributed by atoms with E-state index in [0.29, 0.717) is 19.0 Å². The molecule has 0 radical (unpaired) electrons. The summed E-state index contributed by atoms with van der Waals surface area (Å²) in [5.41, 5.74) is 1.06. The molecule has 5 nitrogen and oxygen atoms in total. The summed E-state index contributed by atoms with van der Waals surface area (Å²) in [7, 11) is 0. The van der Waals surface area contributed by atoms with E-state index in [4.69, 9.17) is 9.26 Å². The van der Waals surface area contributed by atoms with Gasteiger partial charge in [0.1, 0.15) is 12.4 Å². The highest BCUT2D eigenvalue weighted by atomic mass is 32.1. The van der Waals surface area contributed by atoms with E-state index in [0.717, 1.165) is 16.2 Å². The molecule has 21 heavy (non-hydrogen) atoms. The van der Waals surface area contributed by atoms with Crippen molar-refractivity contribution < 1.29 is 9.26 Å². The zero-order valence-electron chi connectivity index (χ0n) is 11.5. The molecule has 2 heterocycles. The molecule has 0 unspecified atom stereocenters. The first-order valence-corrected chi connectivity index (χ1v) is 7.42. The van der Waals surface area contributed by atoms with Crippen molar-refractivity contribution in [2.75, 3.05) is 6.61 Å². The molecule has 0 aliphatic rings. The lowest BCUT2D eigenvalue weighted by Gasteiger charge is -2.09. The Morgan fingerprint density at radius 2 is 2.14 bits per heavy atom. The van der Waals surface area contributed by atoms with Crippen LogP contribution >= 0.6 is 11.3 Å². The molecule has 2 aromatic heterocycles. The van der Waals surface area contributed by atoms with Gasteiger partial charge in [0.25, 0.3) is 0 Å². The van der Waals surface area contributed by atoms with E-state index in [1.165, 1.54) is 15.9 Å². The summed E-state index contributed by atoms with van der Waals surface area (Å²) in [6.07, 6.45) is 0. The molecule has 6 heteroatoms. The normalized spacial score (nSPS) is 10.7. The van der Waals surface area contributed by atoms with Gasteiger partial charge in [-0.3, -0.25) is 9.09 Å². The van der Waals surface area contributed by atoms with Crippen LogP contribution < -0.4 is 10.5 Å². The molecule has 0 amide bonds. The topological polar surface area (TPSA) is 57.3 Å². The smallest absolute Gasteiger partial charge is 0.442 e. The van der Waals surface area contributed by atoms with Gasteiger partial charge in [0.15, 0.2) is 5.82 Å². The van der Waals surface area contributed by atoms with Crippen molar-refractivity contribution in [1.29, 1.82) is 0 Å². The van der Waals surface area contributed by atoms with E-state index in [9.17, 15) is 4.79 Å². The minimum absolute atomic E-state index is 0.379. The number of aryl methyl sites for hydroxylation is 1. The zero-order chi connectivity index (χ0) is 14.7. The van der Waals surface area contributed by atoms with Gasteiger partial charge in [-0.25, -0.2) is 4.79 Å². The summed E-state index contributed by atoms with van der Waals surface area (Å²) < 4.78 is 12.0. The van der Waals surface area contributed by atoms with Gasteiger partial charge in [0, 0.05) is 0 Å². The van der Waals surface area contributed by atoms with E-state index in [1.807, 2.05) is 48.7 Å². The molecule has 0 atom stereocenters. The molecular formula is C15H14N2O3S. The second-order valence-corrected chi connectivity index (χ2v) is 5.46. The van der Waals surface area contributed by atoms with Crippen LogP contribution in [0.5, 0.6) is 5.75 Å². The Kier molecular flexibility index (Phi) is 3.87. The van der Waals surface area contributed by atoms with Crippen molar-refractivity contribution in [3.63, 3.8) is 0 Å². The van der Waals surface area contributed by atoms with Gasteiger partial charge < -0.3 is 4.74 Å². The average Bonchev–Trinajstić information content (AvgIpc) is 3.11. The summed E-state index contributed by atoms with van der Waals surface area (Å²) in [5.74, 6) is 0.898. The van der Waals surface area contributed by atoms with Crippen molar-refractivity contribution >= 4 is 11.3 Å². The lowest BCUT2D eigenvalue weighted by Crippen LogP contribution is -2.19. The largest absolute Gasteiger partial charge is 0.491 e. The fraction of sp³-hybridized carbons (Fsp3) is 0.200. The number of hydrogen-bond donors (Lipinski definition) is 0. The minimum atomic E-state index is -0.466. The SMILES string of the molecule is Cc1ccccc1OCCn1c(-c2cccs2)noc1=O. The second-order valence-electron chi connectivity index (χ2n) is 4.51. The lowest BCUT2D eigenvalue weighted by molar-refractivity contribution is 0.289. The molecule has 0 aliphatic heterocycles. The average molecular weight is 302 g/mol. The number of nitrogens with zero attached hydrogens (tertiary/aromatic N) is 2. The summed E-state index contributed by atoms with van der Waals surface area (Å²) >= 11 is 1.51. The van der Waals surface area contributed by atoms with Crippen molar-refractivity contribution in [3.8, 4) is 16.5 Å². The van der Waals surface area contributed by atoms with Gasteiger partial charge in [-0.2, -0.15) is 0 Å². The first-order valence-electron chi connectivity index (χ1n) is 6.54. The summed E-state index contributed by atoms with van der Waals surface area (Å²) in [6.45, 7) is 2.76. The zero-order valence-corrected chi connectivity index (χ0v) is 12.3. The fourth-order valence-electron chi connectivity index (χ4n) is 2.01. The van der Waals surface area contributed by atoms with Crippen LogP contribution in [-0.4, -0.2) is 16.3 Å². The maximum atomic E-state index is 11.7. The van der Waals surface area contributed by atoms with Gasteiger partial charge in [0.2, 0.25) is 0 Å². The Balaban J connectivity index is 1.73. The summed E-state index contributed by atoms with van der Waals surface area (Å²) in [5, 5.41) is 5.76. The molecular weight excluding hydrogens is 288 g/mol. The Morgan fingerprint density at radius 1 is 1.29 bits per heavy atom. The number of benzene rings is 1. The Bertz CT molecular complexity index is 774. The highest BCUT2D eigenvalue weighted by Gasteiger charge is 2.13. The van der Waals surface area contributed by atoms with Crippen LogP contribution in [0.15, 0.2) is 51.1 Å². The molecule has 0 saturated carbocycles. The van der Waals surface area contributed by atoms with Crippen LogP contribution in [0.1, 0.15) is 5.56 Å². The number of para-hydroxylation sites is 1. The van der Waals surface area contributed by atoms with Crippen LogP contribution in [0.3, 0.4) is 0 Å². The lowest BCUT2D eigenvalue weighted by atomic mass is 10.2. The van der Waals surface area contributed by atoms with Crippen molar-refractivity contribution in [2.45, 2.75) is 13.5 Å². The van der Waals surface area contributed by atoms with E-state index in [-0.39, 0.29) is 0 Å². The Hall–Kier alpha value is -2.34. The molecule has 1 aromatic carbocycles. The van der Waals surface area contributed by atoms with Crippen LogP contribution in [0, 0.1) is 6.92 Å². The summed E-state index contributed by atoms with van der Waals surface area (Å²) in [4.78, 5) is 12.6. The third-order valence-electron chi connectivity index (χ3n) is 3.09. The molecule has 0 spiro atoms. The summed E-state index contributed by atoms with van der Waals surface area (Å²) in [6, 6.07) is 11.6. The first-order chi connectivity index (χ1) is 10.3. The molecule has 0 saturated heterocycles. The molecule has 0 aliphatic carbocycles. The quantitative estimate of drug-likeness (QED) is 0.727. The van der Waals surface area contributed by atoms with Gasteiger partial charge in [0.05, 0.1) is 11.4 Å². The minimum Gasteiger partial charge on any atom is -0.491 e. The van der Waals surface area contributed by atoms with Gasteiger partial charge in [-0.15, -0.1) is 11.3 Å². The van der Waals surface area contributed by atoms with E-state index < -0.39 is 5.76 Å². The van der Waals surface area contributed by atoms with Crippen molar-refractivity contribution in [2.24, 2.45) is 0 Å². The van der Waals surface area contributed by atoms with Crippen LogP contribution in [0.2, 0.25) is 0 Å². The number of rotatable bonds is 5. The molecule has 0 N–H and O–H groups in total. The maximum Gasteiger partial charge on any atom is 0.442 e. The molecule has 0 fully saturated rings. The van der Waals surface area contributed by atoms with Gasteiger partial charge in [-0.1, -0.05) is 29.4 Å². The van der Waals surface area contributed by atoms with Crippen molar-refractivity contribution in [1.82, 2.24) is 9.72 Å². The third kappa shape index (κ3) is 2.90. The molecule has 3 aromatic rings. The fourth-order valence-corrected chi connectivity index (χ4v) is 2.73. The predicted octanol–water partition coefficient (Wildman–Crippen LogP) is 2.95. The highest BCUT2D eigenvalue weighted by Crippen LogP contribution is 2.21. The van der Waals surface area contributed by atoms with Gasteiger partial charge in [-0.05, 0) is 30.0 Å². The van der Waals surface area contributed by atoms with Crippen molar-refractivity contribution in [3.05, 3.63) is 57.9 Å². The Labute approximate surface area is 125 Å². The van der Waals surface area contributed by atoms with Crippen LogP contribution in [-0.2, 0) is 6.54 Å². The van der Waals surface area contributed by atoms with Crippen LogP contribution in [0.4, 0.5) is 0 Å². The number of thiophene rings is 1. The monoisotopic (exact) mass is 302 g/mol. The third-order valence-corrected chi connectivity index (χ3v) is 3.96. The standard InChI is InChI=1S/C15H14N2O3S/c1-11-5-2-3-6-12(11)19-9-8-17-14(16-20-15(17)18)13-7-4-10-21-13/h2-7,10H,8-9H2,1H3.